The van der Waals surface area contributed by atoms with Crippen LogP contribution >= 0.6 is 0 Å². The molecule has 1 heterocycles. The van der Waals surface area contributed by atoms with Crippen molar-refractivity contribution in [1.29, 1.82) is 0 Å². The minimum absolute atomic E-state index is 0.878. The number of aromatic nitrogens is 2. The molecule has 0 fully saturated rings. The second-order valence-corrected chi connectivity index (χ2v) is 3.53. The zero-order valence-electron chi connectivity index (χ0n) is 9.37. The van der Waals surface area contributed by atoms with Crippen LogP contribution in [0.2, 0.25) is 0 Å². The molecule has 1 aromatic heterocycles. The Balaban J connectivity index is 1.93. The van der Waals surface area contributed by atoms with Crippen molar-refractivity contribution < 1.29 is 0 Å². The molecule has 15 heavy (non-hydrogen) atoms. The molecule has 0 aliphatic heterocycles. The van der Waals surface area contributed by atoms with E-state index in [2.05, 4.69) is 27.8 Å². The van der Waals surface area contributed by atoms with Crippen LogP contribution in [0, 0.1) is 0 Å². The molecule has 0 bridgehead atoms. The Morgan fingerprint density at radius 2 is 2.00 bits per heavy atom. The highest BCUT2D eigenvalue weighted by Crippen LogP contribution is 1.91. The van der Waals surface area contributed by atoms with Gasteiger partial charge in [-0.1, -0.05) is 6.92 Å². The number of hydrogen-bond acceptors (Lipinski definition) is 4. The van der Waals surface area contributed by atoms with Gasteiger partial charge in [0.1, 0.15) is 0 Å². The van der Waals surface area contributed by atoms with Crippen molar-refractivity contribution in [1.82, 2.24) is 20.8 Å². The average molecular weight is 208 g/mol. The lowest BCUT2D eigenvalue weighted by Gasteiger charge is -2.05. The van der Waals surface area contributed by atoms with E-state index in [0.717, 1.165) is 26.2 Å². The van der Waals surface area contributed by atoms with E-state index in [-0.39, 0.29) is 0 Å². The summed E-state index contributed by atoms with van der Waals surface area (Å²) in [6.07, 6.45) is 5.89. The standard InChI is InChI=1S/C11H20N4/c1-2-5-12-6-3-7-13-9-11-4-8-14-15-10-11/h4,8,10,12-13H,2-3,5-7,9H2,1H3. The molecule has 1 rings (SSSR count). The Hall–Kier alpha value is -1.00. The average Bonchev–Trinajstić information content (AvgIpc) is 2.29. The molecular formula is C11H20N4. The quantitative estimate of drug-likeness (QED) is 0.625. The third-order valence-corrected chi connectivity index (χ3v) is 2.11. The van der Waals surface area contributed by atoms with Crippen LogP contribution in [0.3, 0.4) is 0 Å². The van der Waals surface area contributed by atoms with Gasteiger partial charge >= 0.3 is 0 Å². The second-order valence-electron chi connectivity index (χ2n) is 3.53. The first-order chi connectivity index (χ1) is 7.43. The van der Waals surface area contributed by atoms with Gasteiger partial charge in [-0.05, 0) is 44.1 Å². The molecule has 1 aromatic rings. The molecule has 84 valence electrons. The maximum absolute atomic E-state index is 3.82. The van der Waals surface area contributed by atoms with Gasteiger partial charge in [0.25, 0.3) is 0 Å². The van der Waals surface area contributed by atoms with Crippen LogP contribution in [-0.2, 0) is 6.54 Å². The first-order valence-electron chi connectivity index (χ1n) is 5.60. The largest absolute Gasteiger partial charge is 0.317 e. The van der Waals surface area contributed by atoms with Crippen LogP contribution in [-0.4, -0.2) is 29.8 Å². The highest BCUT2D eigenvalue weighted by Gasteiger charge is 1.91. The van der Waals surface area contributed by atoms with Gasteiger partial charge in [-0.15, -0.1) is 0 Å². The zero-order chi connectivity index (χ0) is 10.8. The summed E-state index contributed by atoms with van der Waals surface area (Å²) in [5.74, 6) is 0. The Morgan fingerprint density at radius 3 is 2.73 bits per heavy atom. The first kappa shape index (κ1) is 12.1. The van der Waals surface area contributed by atoms with Gasteiger partial charge < -0.3 is 10.6 Å². The summed E-state index contributed by atoms with van der Waals surface area (Å²) in [4.78, 5) is 0. The van der Waals surface area contributed by atoms with Crippen molar-refractivity contribution >= 4 is 0 Å². The van der Waals surface area contributed by atoms with Gasteiger partial charge in [0.2, 0.25) is 0 Å². The van der Waals surface area contributed by atoms with Crippen LogP contribution in [0.25, 0.3) is 0 Å². The Kier molecular flexibility index (Phi) is 6.70. The SMILES string of the molecule is CCCNCCCNCc1ccnnc1. The van der Waals surface area contributed by atoms with Crippen LogP contribution in [0.15, 0.2) is 18.5 Å². The number of nitrogens with one attached hydrogen (secondary N) is 2. The lowest BCUT2D eigenvalue weighted by molar-refractivity contribution is 0.591. The Morgan fingerprint density at radius 1 is 1.13 bits per heavy atom. The summed E-state index contributed by atoms with van der Waals surface area (Å²) in [7, 11) is 0. The van der Waals surface area contributed by atoms with Crippen molar-refractivity contribution in [2.24, 2.45) is 0 Å². The smallest absolute Gasteiger partial charge is 0.0541 e. The number of nitrogens with zero attached hydrogens (tertiary/aromatic N) is 2. The van der Waals surface area contributed by atoms with E-state index < -0.39 is 0 Å². The summed E-state index contributed by atoms with van der Waals surface area (Å²) < 4.78 is 0. The lowest BCUT2D eigenvalue weighted by Crippen LogP contribution is -2.22. The van der Waals surface area contributed by atoms with E-state index in [1.165, 1.54) is 18.4 Å². The minimum Gasteiger partial charge on any atom is -0.317 e. The summed E-state index contributed by atoms with van der Waals surface area (Å²) in [5, 5.41) is 14.3. The summed E-state index contributed by atoms with van der Waals surface area (Å²) in [6.45, 7) is 6.31. The summed E-state index contributed by atoms with van der Waals surface area (Å²) >= 11 is 0. The molecule has 0 spiro atoms. The number of hydrogen-bond donors (Lipinski definition) is 2. The van der Waals surface area contributed by atoms with Crippen LogP contribution in [0.4, 0.5) is 0 Å². The highest BCUT2D eigenvalue weighted by atomic mass is 15.1. The third-order valence-electron chi connectivity index (χ3n) is 2.11. The fourth-order valence-electron chi connectivity index (χ4n) is 1.30. The third kappa shape index (κ3) is 6.14. The second kappa shape index (κ2) is 8.32. The summed E-state index contributed by atoms with van der Waals surface area (Å²) in [6, 6.07) is 1.98. The fourth-order valence-corrected chi connectivity index (χ4v) is 1.30. The van der Waals surface area contributed by atoms with Crippen molar-refractivity contribution in [2.75, 3.05) is 19.6 Å². The Labute approximate surface area is 91.5 Å². The van der Waals surface area contributed by atoms with E-state index in [9.17, 15) is 0 Å². The number of rotatable bonds is 8. The van der Waals surface area contributed by atoms with Crippen molar-refractivity contribution in [2.45, 2.75) is 26.3 Å². The van der Waals surface area contributed by atoms with E-state index >= 15 is 0 Å². The van der Waals surface area contributed by atoms with Gasteiger partial charge in [0.15, 0.2) is 0 Å². The van der Waals surface area contributed by atoms with Crippen LogP contribution in [0.1, 0.15) is 25.3 Å². The molecule has 0 aliphatic rings. The predicted molar refractivity (Wildman–Crippen MR) is 61.5 cm³/mol. The normalized spacial score (nSPS) is 10.5. The van der Waals surface area contributed by atoms with Gasteiger partial charge in [-0.3, -0.25) is 0 Å². The molecule has 2 N–H and O–H groups in total. The molecule has 0 saturated carbocycles. The van der Waals surface area contributed by atoms with Crippen molar-refractivity contribution in [3.63, 3.8) is 0 Å². The van der Waals surface area contributed by atoms with E-state index in [4.69, 9.17) is 0 Å². The molecule has 0 amide bonds. The molecule has 0 unspecified atom stereocenters. The van der Waals surface area contributed by atoms with Gasteiger partial charge in [-0.2, -0.15) is 10.2 Å². The van der Waals surface area contributed by atoms with Gasteiger partial charge in [0, 0.05) is 12.7 Å². The molecule has 0 aliphatic carbocycles. The lowest BCUT2D eigenvalue weighted by atomic mass is 10.3. The molecular weight excluding hydrogens is 188 g/mol. The molecule has 4 heteroatoms. The fraction of sp³-hybridized carbons (Fsp3) is 0.636. The van der Waals surface area contributed by atoms with Crippen molar-refractivity contribution in [3.8, 4) is 0 Å². The maximum Gasteiger partial charge on any atom is 0.0541 e. The van der Waals surface area contributed by atoms with Crippen LogP contribution in [0.5, 0.6) is 0 Å². The summed E-state index contributed by atoms with van der Waals surface area (Å²) in [5.41, 5.74) is 1.19. The maximum atomic E-state index is 3.82. The Bertz CT molecular complexity index is 238. The van der Waals surface area contributed by atoms with E-state index in [1.54, 1.807) is 12.4 Å². The van der Waals surface area contributed by atoms with E-state index in [1.807, 2.05) is 6.07 Å². The first-order valence-corrected chi connectivity index (χ1v) is 5.60. The molecule has 0 saturated heterocycles. The highest BCUT2D eigenvalue weighted by molar-refractivity contribution is 5.04. The molecule has 0 radical (unpaired) electrons. The monoisotopic (exact) mass is 208 g/mol. The van der Waals surface area contributed by atoms with Gasteiger partial charge in [-0.25, -0.2) is 0 Å². The molecule has 0 aromatic carbocycles. The minimum atomic E-state index is 0.878. The molecule has 0 atom stereocenters. The zero-order valence-corrected chi connectivity index (χ0v) is 9.37. The topological polar surface area (TPSA) is 49.8 Å². The van der Waals surface area contributed by atoms with Crippen LogP contribution < -0.4 is 10.6 Å². The predicted octanol–water partition coefficient (Wildman–Crippen LogP) is 0.956. The molecule has 4 nitrogen and oxygen atoms in total. The van der Waals surface area contributed by atoms with Gasteiger partial charge in [0.05, 0.1) is 6.20 Å². The van der Waals surface area contributed by atoms with Crippen molar-refractivity contribution in [3.05, 3.63) is 24.0 Å². The van der Waals surface area contributed by atoms with E-state index in [0.29, 0.717) is 0 Å².